The number of carboxylic acids is 1. The second-order valence-corrected chi connectivity index (χ2v) is 5.15. The van der Waals surface area contributed by atoms with Crippen LogP contribution in [0.1, 0.15) is 0 Å². The van der Waals surface area contributed by atoms with E-state index in [0.717, 1.165) is 15.8 Å². The molecule has 6 nitrogen and oxygen atoms in total. The van der Waals surface area contributed by atoms with Crippen molar-refractivity contribution in [1.29, 1.82) is 0 Å². The van der Waals surface area contributed by atoms with E-state index >= 15 is 0 Å². The van der Waals surface area contributed by atoms with Crippen LogP contribution in [0.25, 0.3) is 0 Å². The van der Waals surface area contributed by atoms with Gasteiger partial charge in [0.1, 0.15) is 5.02 Å². The fraction of sp³-hybridized carbons (Fsp3) is 0.545. The maximum atomic E-state index is 12.9. The lowest BCUT2D eigenvalue weighted by Crippen LogP contribution is -2.33. The lowest BCUT2D eigenvalue weighted by molar-refractivity contribution is -0.187. The van der Waals surface area contributed by atoms with Gasteiger partial charge in [-0.05, 0) is 0 Å². The zero-order valence-electron chi connectivity index (χ0n) is 10.8. The number of halogens is 4. The molecule has 2 atom stereocenters. The molecule has 0 radical (unpaired) electrons. The molecule has 1 aliphatic rings. The van der Waals surface area contributed by atoms with Gasteiger partial charge in [0.05, 0.1) is 23.7 Å². The Kier molecular flexibility index (Phi) is 3.87. The highest BCUT2D eigenvalue weighted by Crippen LogP contribution is 2.40. The Morgan fingerprint density at radius 2 is 2.10 bits per heavy atom. The van der Waals surface area contributed by atoms with Crippen LogP contribution in [-0.4, -0.2) is 40.1 Å². The van der Waals surface area contributed by atoms with Gasteiger partial charge in [0.15, 0.2) is 0 Å². The predicted molar refractivity (Wildman–Crippen MR) is 67.4 cm³/mol. The Morgan fingerprint density at radius 1 is 1.48 bits per heavy atom. The number of anilines is 1. The van der Waals surface area contributed by atoms with Crippen LogP contribution in [0.5, 0.6) is 0 Å². The van der Waals surface area contributed by atoms with Crippen molar-refractivity contribution >= 4 is 23.3 Å². The smallest absolute Gasteiger partial charge is 0.394 e. The highest BCUT2D eigenvalue weighted by atomic mass is 35.5. The first-order chi connectivity index (χ1) is 9.62. The number of carbonyl (C=O) groups is 1. The maximum absolute atomic E-state index is 12.9. The Balaban J connectivity index is 2.38. The topological polar surface area (TPSA) is 75.4 Å². The first-order valence-corrected chi connectivity index (χ1v) is 6.27. The highest BCUT2D eigenvalue weighted by Gasteiger charge is 2.53. The minimum Gasteiger partial charge on any atom is -0.481 e. The van der Waals surface area contributed by atoms with E-state index in [1.54, 1.807) is 0 Å². The monoisotopic (exact) mass is 325 g/mol. The molecule has 0 unspecified atom stereocenters. The highest BCUT2D eigenvalue weighted by molar-refractivity contribution is 6.33. The second kappa shape index (κ2) is 5.21. The second-order valence-electron chi connectivity index (χ2n) is 4.77. The first kappa shape index (κ1) is 15.6. The molecule has 2 rings (SSSR count). The van der Waals surface area contributed by atoms with Crippen LogP contribution in [0.15, 0.2) is 11.0 Å². The number of hydrogen-bond donors (Lipinski definition) is 1. The fourth-order valence-corrected chi connectivity index (χ4v) is 2.60. The van der Waals surface area contributed by atoms with Crippen LogP contribution < -0.4 is 10.5 Å². The van der Waals surface area contributed by atoms with Gasteiger partial charge in [-0.15, -0.1) is 0 Å². The molecule has 0 saturated carbocycles. The van der Waals surface area contributed by atoms with E-state index in [2.05, 4.69) is 5.10 Å². The van der Waals surface area contributed by atoms with Crippen LogP contribution in [0, 0.1) is 11.8 Å². The van der Waals surface area contributed by atoms with Crippen molar-refractivity contribution in [2.24, 2.45) is 18.9 Å². The number of rotatable bonds is 2. The van der Waals surface area contributed by atoms with E-state index in [4.69, 9.17) is 16.7 Å². The van der Waals surface area contributed by atoms with Gasteiger partial charge < -0.3 is 10.0 Å². The van der Waals surface area contributed by atoms with Gasteiger partial charge in [-0.2, -0.15) is 18.3 Å². The molecule has 1 N–H and O–H groups in total. The van der Waals surface area contributed by atoms with Crippen molar-refractivity contribution in [1.82, 2.24) is 9.78 Å². The normalized spacial score (nSPS) is 22.6. The molecule has 10 heteroatoms. The largest absolute Gasteiger partial charge is 0.481 e. The van der Waals surface area contributed by atoms with Gasteiger partial charge in [0.2, 0.25) is 0 Å². The molecule has 1 fully saturated rings. The number of aryl methyl sites for hydroxylation is 1. The zero-order valence-corrected chi connectivity index (χ0v) is 11.5. The van der Waals surface area contributed by atoms with Gasteiger partial charge in [0, 0.05) is 20.1 Å². The molecule has 2 heterocycles. The Labute approximate surface area is 121 Å². The molecule has 0 bridgehead atoms. The molecular formula is C11H11ClF3N3O3. The van der Waals surface area contributed by atoms with E-state index in [1.807, 2.05) is 0 Å². The molecule has 0 aliphatic carbocycles. The summed E-state index contributed by atoms with van der Waals surface area (Å²) in [5, 5.41) is 12.4. The first-order valence-electron chi connectivity index (χ1n) is 5.89. The van der Waals surface area contributed by atoms with Gasteiger partial charge in [0.25, 0.3) is 5.56 Å². The molecule has 1 saturated heterocycles. The van der Waals surface area contributed by atoms with Crippen molar-refractivity contribution in [3.05, 3.63) is 21.6 Å². The number of alkyl halides is 3. The average Bonchev–Trinajstić information content (AvgIpc) is 2.81. The average molecular weight is 326 g/mol. The minimum atomic E-state index is -4.64. The van der Waals surface area contributed by atoms with Crippen molar-refractivity contribution in [3.8, 4) is 0 Å². The molecule has 116 valence electrons. The van der Waals surface area contributed by atoms with Gasteiger partial charge in [-0.1, -0.05) is 11.6 Å². The van der Waals surface area contributed by atoms with E-state index in [9.17, 15) is 22.8 Å². The standard InChI is InChI=1S/C11H11ClF3N3O3/c1-17-9(19)8(12)7(2-16-17)18-3-5(10(20)21)6(4-18)11(13,14)15/h2,5-6H,3-4H2,1H3,(H,20,21)/t5-,6-/m1/s1. The molecule has 1 aromatic heterocycles. The summed E-state index contributed by atoms with van der Waals surface area (Å²) in [4.78, 5) is 23.8. The van der Waals surface area contributed by atoms with E-state index in [-0.39, 0.29) is 17.3 Å². The van der Waals surface area contributed by atoms with Crippen LogP contribution in [0.2, 0.25) is 5.02 Å². The lowest BCUT2D eigenvalue weighted by atomic mass is 9.96. The van der Waals surface area contributed by atoms with Crippen LogP contribution >= 0.6 is 11.6 Å². The summed E-state index contributed by atoms with van der Waals surface area (Å²) in [5.41, 5.74) is -0.644. The maximum Gasteiger partial charge on any atom is 0.394 e. The summed E-state index contributed by atoms with van der Waals surface area (Å²) >= 11 is 5.82. The van der Waals surface area contributed by atoms with Crippen LogP contribution in [0.3, 0.4) is 0 Å². The minimum absolute atomic E-state index is 0.0118. The van der Waals surface area contributed by atoms with Crippen molar-refractivity contribution in [2.75, 3.05) is 18.0 Å². The SMILES string of the molecule is Cn1ncc(N2C[C@@H](C(F)(F)F)[C@H](C(=O)O)C2)c(Cl)c1=O. The summed E-state index contributed by atoms with van der Waals surface area (Å²) in [7, 11) is 1.35. The molecule has 0 aromatic carbocycles. The third-order valence-corrected chi connectivity index (χ3v) is 3.81. The van der Waals surface area contributed by atoms with E-state index < -0.39 is 36.1 Å². The molecule has 1 aromatic rings. The van der Waals surface area contributed by atoms with Gasteiger partial charge in [-0.25, -0.2) is 4.68 Å². The summed E-state index contributed by atoms with van der Waals surface area (Å²) < 4.78 is 39.6. The predicted octanol–water partition coefficient (Wildman–Crippen LogP) is 1.13. The van der Waals surface area contributed by atoms with E-state index in [1.165, 1.54) is 7.05 Å². The molecule has 0 amide bonds. The number of nitrogens with zero attached hydrogens (tertiary/aromatic N) is 3. The number of aromatic nitrogens is 2. The Bertz CT molecular complexity index is 631. The summed E-state index contributed by atoms with van der Waals surface area (Å²) in [6.45, 7) is -0.955. The van der Waals surface area contributed by atoms with Gasteiger partial charge >= 0.3 is 12.1 Å². The Hall–Kier alpha value is -1.77. The summed E-state index contributed by atoms with van der Waals surface area (Å²) in [6.07, 6.45) is -3.49. The Morgan fingerprint density at radius 3 is 2.57 bits per heavy atom. The lowest BCUT2D eigenvalue weighted by Gasteiger charge is -2.20. The molecular weight excluding hydrogens is 315 g/mol. The van der Waals surface area contributed by atoms with Crippen molar-refractivity contribution in [2.45, 2.75) is 6.18 Å². The molecule has 21 heavy (non-hydrogen) atoms. The van der Waals surface area contributed by atoms with Crippen molar-refractivity contribution < 1.29 is 23.1 Å². The third-order valence-electron chi connectivity index (χ3n) is 3.46. The van der Waals surface area contributed by atoms with Crippen LogP contribution in [-0.2, 0) is 11.8 Å². The van der Waals surface area contributed by atoms with Gasteiger partial charge in [-0.3, -0.25) is 9.59 Å². The van der Waals surface area contributed by atoms with Crippen molar-refractivity contribution in [3.63, 3.8) is 0 Å². The quantitative estimate of drug-likeness (QED) is 0.882. The fourth-order valence-electron chi connectivity index (χ4n) is 2.30. The van der Waals surface area contributed by atoms with Crippen LogP contribution in [0.4, 0.5) is 18.9 Å². The molecule has 0 spiro atoms. The summed E-state index contributed by atoms with van der Waals surface area (Å²) in [5.74, 6) is -5.16. The summed E-state index contributed by atoms with van der Waals surface area (Å²) in [6, 6.07) is 0. The zero-order chi connectivity index (χ0) is 15.9. The number of hydrogen-bond acceptors (Lipinski definition) is 4. The van der Waals surface area contributed by atoms with E-state index in [0.29, 0.717) is 0 Å². The molecule has 1 aliphatic heterocycles. The third kappa shape index (κ3) is 2.82. The number of carboxylic acid groups (broad SMARTS) is 1. The number of aliphatic carboxylic acids is 1.